The van der Waals surface area contributed by atoms with Gasteiger partial charge in [-0.3, -0.25) is 0 Å². The number of hydrogen-bond donors (Lipinski definition) is 0. The first-order chi connectivity index (χ1) is 13.4. The second kappa shape index (κ2) is 6.90. The van der Waals surface area contributed by atoms with Gasteiger partial charge < -0.3 is 0 Å². The molecule has 28 heavy (non-hydrogen) atoms. The van der Waals surface area contributed by atoms with Gasteiger partial charge in [0.15, 0.2) is 11.0 Å². The molecule has 0 unspecified atom stereocenters. The quantitative estimate of drug-likeness (QED) is 0.389. The third-order valence-corrected chi connectivity index (χ3v) is 5.56. The van der Waals surface area contributed by atoms with Crippen molar-refractivity contribution < 1.29 is 8.96 Å². The smallest absolute Gasteiger partial charge is 0.225 e. The molecule has 0 N–H and O–H groups in total. The fourth-order valence-electron chi connectivity index (χ4n) is 4.17. The summed E-state index contributed by atoms with van der Waals surface area (Å²) in [6.45, 7) is 8.60. The number of benzene rings is 3. The van der Waals surface area contributed by atoms with E-state index in [2.05, 4.69) is 79.4 Å². The first-order valence-corrected chi connectivity index (χ1v) is 9.76. The molecule has 1 aromatic heterocycles. The predicted octanol–water partition coefficient (Wildman–Crippen LogP) is 6.00. The molecule has 0 amide bonds. The van der Waals surface area contributed by atoms with Crippen LogP contribution in [-0.4, -0.2) is 4.57 Å². The van der Waals surface area contributed by atoms with E-state index in [4.69, 9.17) is 0 Å². The van der Waals surface area contributed by atoms with E-state index in [-0.39, 0.29) is 5.82 Å². The molecule has 0 aliphatic heterocycles. The van der Waals surface area contributed by atoms with Crippen LogP contribution in [0, 0.1) is 19.7 Å². The topological polar surface area (TPSA) is 8.81 Å². The molecule has 0 bridgehead atoms. The fraction of sp³-hybridized carbons (Fsp3) is 0.240. The van der Waals surface area contributed by atoms with Crippen molar-refractivity contribution in [3.63, 3.8) is 0 Å². The summed E-state index contributed by atoms with van der Waals surface area (Å²) in [4.78, 5) is 0. The van der Waals surface area contributed by atoms with Gasteiger partial charge in [-0.1, -0.05) is 44.2 Å². The van der Waals surface area contributed by atoms with Crippen molar-refractivity contribution in [1.82, 2.24) is 4.57 Å². The highest BCUT2D eigenvalue weighted by atomic mass is 19.1. The van der Waals surface area contributed by atoms with Crippen molar-refractivity contribution in [2.24, 2.45) is 7.05 Å². The van der Waals surface area contributed by atoms with E-state index in [0.717, 1.165) is 28.0 Å². The van der Waals surface area contributed by atoms with Crippen LogP contribution in [0.25, 0.3) is 28.1 Å². The molecule has 0 spiro atoms. The van der Waals surface area contributed by atoms with Crippen LogP contribution in [0.2, 0.25) is 0 Å². The Morgan fingerprint density at radius 3 is 2.36 bits per heavy atom. The largest absolute Gasteiger partial charge is 0.295 e. The molecular weight excluding hydrogens is 347 g/mol. The zero-order valence-electron chi connectivity index (χ0n) is 17.1. The summed E-state index contributed by atoms with van der Waals surface area (Å²) in [7, 11) is 2.09. The molecule has 0 aliphatic carbocycles. The lowest BCUT2D eigenvalue weighted by atomic mass is 9.97. The van der Waals surface area contributed by atoms with Gasteiger partial charge in [-0.05, 0) is 61.2 Å². The van der Waals surface area contributed by atoms with Gasteiger partial charge in [0, 0.05) is 5.56 Å². The van der Waals surface area contributed by atoms with Crippen LogP contribution in [0.4, 0.5) is 4.39 Å². The van der Waals surface area contributed by atoms with Crippen molar-refractivity contribution in [3.8, 4) is 17.1 Å². The van der Waals surface area contributed by atoms with Crippen LogP contribution in [-0.2, 0) is 7.05 Å². The number of nitrogens with zero attached hydrogens (tertiary/aromatic N) is 2. The zero-order chi connectivity index (χ0) is 20.0. The van der Waals surface area contributed by atoms with Gasteiger partial charge in [-0.15, -0.1) is 0 Å². The minimum absolute atomic E-state index is 0.203. The second-order valence-corrected chi connectivity index (χ2v) is 7.83. The van der Waals surface area contributed by atoms with E-state index in [1.54, 1.807) is 12.1 Å². The van der Waals surface area contributed by atoms with Gasteiger partial charge in [0.25, 0.3) is 5.82 Å². The monoisotopic (exact) mass is 373 g/mol. The number of aryl methyl sites for hydroxylation is 3. The van der Waals surface area contributed by atoms with E-state index in [0.29, 0.717) is 5.92 Å². The lowest BCUT2D eigenvalue weighted by molar-refractivity contribution is -0.633. The van der Waals surface area contributed by atoms with Crippen LogP contribution >= 0.6 is 0 Å². The Bertz CT molecular complexity index is 1180. The van der Waals surface area contributed by atoms with E-state index in [1.165, 1.54) is 16.8 Å². The maximum atomic E-state index is 13.8. The highest BCUT2D eigenvalue weighted by molar-refractivity contribution is 5.80. The molecule has 4 rings (SSSR count). The van der Waals surface area contributed by atoms with E-state index in [9.17, 15) is 4.39 Å². The summed E-state index contributed by atoms with van der Waals surface area (Å²) in [5, 5.41) is 0. The predicted molar refractivity (Wildman–Crippen MR) is 113 cm³/mol. The average Bonchev–Trinajstić information content (AvgIpc) is 2.94. The van der Waals surface area contributed by atoms with Gasteiger partial charge in [0.05, 0.1) is 12.6 Å². The Balaban J connectivity index is 2.19. The highest BCUT2D eigenvalue weighted by Crippen LogP contribution is 2.34. The lowest BCUT2D eigenvalue weighted by Crippen LogP contribution is -2.30. The summed E-state index contributed by atoms with van der Waals surface area (Å²) in [6, 6.07) is 20.0. The molecule has 0 saturated heterocycles. The first kappa shape index (κ1) is 18.4. The van der Waals surface area contributed by atoms with Crippen molar-refractivity contribution in [1.29, 1.82) is 0 Å². The maximum absolute atomic E-state index is 13.8. The Morgan fingerprint density at radius 2 is 1.64 bits per heavy atom. The number of hydrogen-bond acceptors (Lipinski definition) is 0. The SMILES string of the molecule is Cc1cc(F)ccc1-c1n(-c2c(C)cccc2C(C)C)c2ccccc2[n+]1C. The Morgan fingerprint density at radius 1 is 0.893 bits per heavy atom. The van der Waals surface area contributed by atoms with Gasteiger partial charge >= 0.3 is 0 Å². The normalized spacial score (nSPS) is 11.5. The summed E-state index contributed by atoms with van der Waals surface area (Å²) in [6.07, 6.45) is 0. The minimum atomic E-state index is -0.203. The van der Waals surface area contributed by atoms with E-state index >= 15 is 0 Å². The number of imidazole rings is 1. The first-order valence-electron chi connectivity index (χ1n) is 9.76. The Hall–Kier alpha value is -2.94. The molecular formula is C25H26FN2+. The van der Waals surface area contributed by atoms with Crippen LogP contribution in [0.3, 0.4) is 0 Å². The molecule has 4 aromatic rings. The molecule has 2 nitrogen and oxygen atoms in total. The number of halogens is 1. The summed E-state index contributed by atoms with van der Waals surface area (Å²) >= 11 is 0. The third-order valence-electron chi connectivity index (χ3n) is 5.56. The zero-order valence-corrected chi connectivity index (χ0v) is 17.1. The minimum Gasteiger partial charge on any atom is -0.225 e. The summed E-state index contributed by atoms with van der Waals surface area (Å²) in [5.74, 6) is 1.25. The number of para-hydroxylation sites is 3. The second-order valence-electron chi connectivity index (χ2n) is 7.83. The van der Waals surface area contributed by atoms with Gasteiger partial charge in [0.2, 0.25) is 0 Å². The summed E-state index contributed by atoms with van der Waals surface area (Å²) in [5.41, 5.74) is 8.03. The van der Waals surface area contributed by atoms with E-state index in [1.807, 2.05) is 13.0 Å². The van der Waals surface area contributed by atoms with Crippen molar-refractivity contribution in [3.05, 3.63) is 83.2 Å². The molecule has 0 radical (unpaired) electrons. The van der Waals surface area contributed by atoms with Gasteiger partial charge in [-0.25, -0.2) is 8.96 Å². The highest BCUT2D eigenvalue weighted by Gasteiger charge is 2.29. The van der Waals surface area contributed by atoms with Crippen LogP contribution in [0.5, 0.6) is 0 Å². The summed E-state index contributed by atoms with van der Waals surface area (Å²) < 4.78 is 18.4. The molecule has 0 saturated carbocycles. The van der Waals surface area contributed by atoms with Crippen LogP contribution in [0.15, 0.2) is 60.7 Å². The van der Waals surface area contributed by atoms with Crippen molar-refractivity contribution in [2.75, 3.05) is 0 Å². The van der Waals surface area contributed by atoms with E-state index < -0.39 is 0 Å². The van der Waals surface area contributed by atoms with Gasteiger partial charge in [0.1, 0.15) is 11.5 Å². The van der Waals surface area contributed by atoms with Crippen molar-refractivity contribution in [2.45, 2.75) is 33.6 Å². The lowest BCUT2D eigenvalue weighted by Gasteiger charge is -2.15. The van der Waals surface area contributed by atoms with Crippen LogP contribution in [0.1, 0.15) is 36.5 Å². The average molecular weight is 373 g/mol. The number of rotatable bonds is 3. The molecule has 0 aliphatic rings. The molecule has 0 atom stereocenters. The molecule has 3 heteroatoms. The molecule has 1 heterocycles. The molecule has 0 fully saturated rings. The van der Waals surface area contributed by atoms with Gasteiger partial charge in [-0.2, -0.15) is 4.57 Å². The number of aromatic nitrogens is 2. The maximum Gasteiger partial charge on any atom is 0.295 e. The molecule has 142 valence electrons. The van der Waals surface area contributed by atoms with Crippen molar-refractivity contribution >= 4 is 11.0 Å². The number of fused-ring (bicyclic) bond motifs is 1. The fourth-order valence-corrected chi connectivity index (χ4v) is 4.17. The third kappa shape index (κ3) is 2.82. The van der Waals surface area contributed by atoms with Crippen LogP contribution < -0.4 is 4.57 Å². The standard InChI is InChI=1S/C25H26FN2/c1-16(2)20-10-8-9-17(3)24(20)28-23-12-7-6-11-22(23)27(5)25(28)21-14-13-19(26)15-18(21)4/h6-16H,1-5H3/q+1. The Labute approximate surface area is 165 Å². The molecule has 3 aromatic carbocycles. The Kier molecular flexibility index (Phi) is 4.54.